The molecule has 2 aromatic carbocycles. The molecule has 2 atom stereocenters. The maximum Gasteiger partial charge on any atom is 0.291 e. The highest BCUT2D eigenvalue weighted by molar-refractivity contribution is 6.34. The number of hydrogen-bond acceptors (Lipinski definition) is 6. The van der Waals surface area contributed by atoms with E-state index in [4.69, 9.17) is 16.3 Å². The molecule has 5 rings (SSSR count). The molecule has 2 saturated heterocycles. The summed E-state index contributed by atoms with van der Waals surface area (Å²) in [7, 11) is 6.47. The Labute approximate surface area is 246 Å². The maximum absolute atomic E-state index is 14.6. The summed E-state index contributed by atoms with van der Waals surface area (Å²) < 4.78 is 35.0. The maximum atomic E-state index is 14.6. The van der Waals surface area contributed by atoms with Gasteiger partial charge < -0.3 is 29.3 Å². The van der Waals surface area contributed by atoms with Crippen LogP contribution in [0.1, 0.15) is 21.0 Å². The first kappa shape index (κ1) is 29.5. The monoisotopic (exact) mass is 600 g/mol. The highest BCUT2D eigenvalue weighted by Crippen LogP contribution is 2.34. The van der Waals surface area contributed by atoms with Crippen LogP contribution >= 0.6 is 11.6 Å². The quantitative estimate of drug-likeness (QED) is 0.446. The molecule has 10 nitrogen and oxygen atoms in total. The van der Waals surface area contributed by atoms with E-state index in [2.05, 4.69) is 10.3 Å². The number of ether oxygens (including phenoxy) is 1. The van der Waals surface area contributed by atoms with Crippen molar-refractivity contribution in [2.75, 3.05) is 59.2 Å². The van der Waals surface area contributed by atoms with Crippen molar-refractivity contribution in [3.05, 3.63) is 64.6 Å². The van der Waals surface area contributed by atoms with Gasteiger partial charge in [-0.2, -0.15) is 4.39 Å². The van der Waals surface area contributed by atoms with Crippen LogP contribution in [0.25, 0.3) is 11.3 Å². The van der Waals surface area contributed by atoms with Crippen molar-refractivity contribution in [3.63, 3.8) is 0 Å². The molecule has 3 amide bonds. The van der Waals surface area contributed by atoms with Gasteiger partial charge in [-0.3, -0.25) is 14.4 Å². The molecule has 3 heterocycles. The third-order valence-corrected chi connectivity index (χ3v) is 8.08. The van der Waals surface area contributed by atoms with E-state index >= 15 is 0 Å². The highest BCUT2D eigenvalue weighted by atomic mass is 35.5. The second-order valence-corrected chi connectivity index (χ2v) is 11.3. The van der Waals surface area contributed by atoms with Crippen LogP contribution in [0.3, 0.4) is 0 Å². The number of anilines is 1. The summed E-state index contributed by atoms with van der Waals surface area (Å²) in [6.07, 6.45) is 1.27. The zero-order chi connectivity index (χ0) is 30.3. The molecule has 0 bridgehead atoms. The van der Waals surface area contributed by atoms with Crippen molar-refractivity contribution < 1.29 is 27.9 Å². The van der Waals surface area contributed by atoms with Gasteiger partial charge in [0.05, 0.1) is 36.1 Å². The molecule has 0 radical (unpaired) electrons. The molecule has 222 valence electrons. The molecule has 2 aliphatic rings. The fourth-order valence-electron chi connectivity index (χ4n) is 5.61. The van der Waals surface area contributed by atoms with Gasteiger partial charge in [0.15, 0.2) is 17.4 Å². The smallest absolute Gasteiger partial charge is 0.291 e. The van der Waals surface area contributed by atoms with Crippen molar-refractivity contribution in [2.45, 2.75) is 0 Å². The second kappa shape index (κ2) is 11.7. The highest BCUT2D eigenvalue weighted by Gasteiger charge is 2.43. The van der Waals surface area contributed by atoms with Gasteiger partial charge >= 0.3 is 0 Å². The number of rotatable bonds is 7. The van der Waals surface area contributed by atoms with Gasteiger partial charge in [0.1, 0.15) is 0 Å². The number of benzene rings is 2. The Bertz CT molecular complexity index is 1550. The topological polar surface area (TPSA) is 100 Å². The Morgan fingerprint density at radius 3 is 2.33 bits per heavy atom. The predicted octanol–water partition coefficient (Wildman–Crippen LogP) is 3.37. The third-order valence-electron chi connectivity index (χ3n) is 7.77. The largest absolute Gasteiger partial charge is 0.494 e. The first-order chi connectivity index (χ1) is 20.0. The Kier molecular flexibility index (Phi) is 8.20. The summed E-state index contributed by atoms with van der Waals surface area (Å²) in [5.41, 5.74) is 0.763. The molecule has 0 spiro atoms. The number of amides is 3. The molecule has 2 fully saturated rings. The number of likely N-dealkylation sites (N-methyl/N-ethyl adjacent to an activating group) is 1. The molecule has 1 aromatic heterocycles. The first-order valence-electron chi connectivity index (χ1n) is 13.3. The summed E-state index contributed by atoms with van der Waals surface area (Å²) >= 11 is 6.47. The van der Waals surface area contributed by atoms with E-state index in [1.807, 2.05) is 23.9 Å². The van der Waals surface area contributed by atoms with Gasteiger partial charge in [-0.15, -0.1) is 0 Å². The fraction of sp³-hybridized carbons (Fsp3) is 0.379. The van der Waals surface area contributed by atoms with Crippen LogP contribution in [-0.4, -0.2) is 95.9 Å². The third kappa shape index (κ3) is 5.56. The lowest BCUT2D eigenvalue weighted by Gasteiger charge is -2.23. The van der Waals surface area contributed by atoms with Crippen LogP contribution in [-0.2, 0) is 11.8 Å². The summed E-state index contributed by atoms with van der Waals surface area (Å²) in [6.45, 7) is 2.72. The number of halogens is 3. The van der Waals surface area contributed by atoms with E-state index in [0.29, 0.717) is 44.0 Å². The van der Waals surface area contributed by atoms with Crippen molar-refractivity contribution in [3.8, 4) is 17.0 Å². The van der Waals surface area contributed by atoms with Gasteiger partial charge in [-0.1, -0.05) is 11.6 Å². The van der Waals surface area contributed by atoms with Gasteiger partial charge in [-0.05, 0) is 44.4 Å². The predicted molar refractivity (Wildman–Crippen MR) is 153 cm³/mol. The van der Waals surface area contributed by atoms with E-state index in [-0.39, 0.29) is 51.5 Å². The standard InChI is InChI=1S/C29H31ClF2N6O4/c1-35(2)15-24(39)37-11-16-13-38(14-17(16)12-37)29(41)19-6-5-18(9-21(19)30)34-28(40)27-33-10-22(36(27)3)20-7-8-23(42-4)26(32)25(20)31/h5-10,16-17H,11-15H2,1-4H3,(H,34,40)/t16-,17+. The lowest BCUT2D eigenvalue weighted by atomic mass is 10.0. The van der Waals surface area contributed by atoms with Crippen LogP contribution in [0.5, 0.6) is 5.75 Å². The first-order valence-corrected chi connectivity index (χ1v) is 13.7. The van der Waals surface area contributed by atoms with Gasteiger partial charge in [0.25, 0.3) is 11.8 Å². The minimum absolute atomic E-state index is 0.0429. The van der Waals surface area contributed by atoms with E-state index in [9.17, 15) is 23.2 Å². The number of methoxy groups -OCH3 is 1. The molecule has 0 saturated carbocycles. The number of carbonyl (C=O) groups is 3. The number of aromatic nitrogens is 2. The molecular formula is C29H31ClF2N6O4. The zero-order valence-electron chi connectivity index (χ0n) is 23.7. The van der Waals surface area contributed by atoms with E-state index in [1.54, 1.807) is 17.0 Å². The SMILES string of the molecule is COc1ccc(-c2cnc(C(=O)Nc3ccc(C(=O)N4C[C@H]5CN(C(=O)CN(C)C)C[C@H]5C4)c(Cl)c3)n2C)c(F)c1F. The van der Waals surface area contributed by atoms with E-state index in [0.717, 1.165) is 0 Å². The molecular weight excluding hydrogens is 570 g/mol. The number of likely N-dealkylation sites (tertiary alicyclic amines) is 2. The van der Waals surface area contributed by atoms with Crippen molar-refractivity contribution >= 4 is 35.0 Å². The van der Waals surface area contributed by atoms with Crippen LogP contribution in [0, 0.1) is 23.5 Å². The normalized spacial score (nSPS) is 18.0. The van der Waals surface area contributed by atoms with Crippen LogP contribution in [0.2, 0.25) is 5.02 Å². The summed E-state index contributed by atoms with van der Waals surface area (Å²) in [5, 5.41) is 2.86. The number of hydrogen-bond donors (Lipinski definition) is 1. The number of carbonyl (C=O) groups excluding carboxylic acids is 3. The van der Waals surface area contributed by atoms with Crippen molar-refractivity contribution in [1.82, 2.24) is 24.3 Å². The second-order valence-electron chi connectivity index (χ2n) is 10.9. The molecule has 13 heteroatoms. The summed E-state index contributed by atoms with van der Waals surface area (Å²) in [5.74, 6) is -2.80. The molecule has 42 heavy (non-hydrogen) atoms. The fourth-order valence-corrected chi connectivity index (χ4v) is 5.88. The van der Waals surface area contributed by atoms with Gasteiger partial charge in [-0.25, -0.2) is 9.37 Å². The van der Waals surface area contributed by atoms with Gasteiger partial charge in [0.2, 0.25) is 11.7 Å². The van der Waals surface area contributed by atoms with Crippen LogP contribution in [0.4, 0.5) is 14.5 Å². The van der Waals surface area contributed by atoms with E-state index in [1.165, 1.54) is 43.1 Å². The molecule has 1 N–H and O–H groups in total. The van der Waals surface area contributed by atoms with Crippen molar-refractivity contribution in [2.24, 2.45) is 18.9 Å². The van der Waals surface area contributed by atoms with Crippen LogP contribution < -0.4 is 10.1 Å². The molecule has 0 unspecified atom stereocenters. The van der Waals surface area contributed by atoms with Crippen LogP contribution in [0.15, 0.2) is 36.5 Å². The Hall–Kier alpha value is -4.03. The Morgan fingerprint density at radius 2 is 1.71 bits per heavy atom. The Morgan fingerprint density at radius 1 is 1.05 bits per heavy atom. The van der Waals surface area contributed by atoms with Crippen molar-refractivity contribution in [1.29, 1.82) is 0 Å². The lowest BCUT2D eigenvalue weighted by Crippen LogP contribution is -2.39. The lowest BCUT2D eigenvalue weighted by molar-refractivity contribution is -0.131. The average Bonchev–Trinajstić information content (AvgIpc) is 3.63. The molecule has 3 aromatic rings. The number of nitrogens with one attached hydrogen (secondary N) is 1. The number of fused-ring (bicyclic) bond motifs is 1. The Balaban J connectivity index is 1.23. The summed E-state index contributed by atoms with van der Waals surface area (Å²) in [4.78, 5) is 48.3. The summed E-state index contributed by atoms with van der Waals surface area (Å²) in [6, 6.07) is 7.24. The molecule has 0 aliphatic carbocycles. The minimum atomic E-state index is -1.14. The van der Waals surface area contributed by atoms with Gasteiger partial charge in [0, 0.05) is 56.3 Å². The van der Waals surface area contributed by atoms with E-state index < -0.39 is 17.5 Å². The number of nitrogens with zero attached hydrogens (tertiary/aromatic N) is 5. The average molecular weight is 601 g/mol. The zero-order valence-corrected chi connectivity index (χ0v) is 24.4. The molecule has 2 aliphatic heterocycles. The number of imidazole rings is 1. The minimum Gasteiger partial charge on any atom is -0.494 e.